The van der Waals surface area contributed by atoms with Crippen molar-refractivity contribution in [3.63, 3.8) is 0 Å². The normalized spacial score (nSPS) is 16.5. The summed E-state index contributed by atoms with van der Waals surface area (Å²) in [6.07, 6.45) is 0. The quantitative estimate of drug-likeness (QED) is 0.869. The van der Waals surface area contributed by atoms with E-state index in [-0.39, 0.29) is 12.5 Å². The van der Waals surface area contributed by atoms with Gasteiger partial charge in [-0.1, -0.05) is 11.3 Å². The number of β-amino-alcohol motifs (C(OH)–C–C–N with tert-alkyl or cyclic N) is 1. The molecule has 1 aliphatic rings. The molecule has 7 heteroatoms. The molecule has 1 saturated heterocycles. The Bertz CT molecular complexity index is 649. The van der Waals surface area contributed by atoms with Gasteiger partial charge in [-0.15, -0.1) is 0 Å². The number of fused-ring (bicyclic) bond motifs is 1. The van der Waals surface area contributed by atoms with Crippen LogP contribution in [0.3, 0.4) is 0 Å². The van der Waals surface area contributed by atoms with Crippen molar-refractivity contribution < 1.29 is 9.90 Å². The fourth-order valence-corrected chi connectivity index (χ4v) is 3.35. The molecular weight excluding hydrogens is 288 g/mol. The molecule has 0 atom stereocenters. The summed E-state index contributed by atoms with van der Waals surface area (Å²) in [5.74, 6) is 0.0486. The Morgan fingerprint density at radius 3 is 2.81 bits per heavy atom. The van der Waals surface area contributed by atoms with E-state index in [0.717, 1.165) is 23.3 Å². The van der Waals surface area contributed by atoms with E-state index in [1.807, 2.05) is 23.1 Å². The van der Waals surface area contributed by atoms with Gasteiger partial charge >= 0.3 is 0 Å². The maximum absolute atomic E-state index is 12.5. The molecule has 0 bridgehead atoms. The lowest BCUT2D eigenvalue weighted by atomic mass is 10.1. The molecule has 2 aromatic rings. The number of nitrogen functional groups attached to an aromatic ring is 1. The topological polar surface area (TPSA) is 82.7 Å². The van der Waals surface area contributed by atoms with Crippen molar-refractivity contribution in [2.45, 2.75) is 0 Å². The van der Waals surface area contributed by atoms with Gasteiger partial charge in [0.15, 0.2) is 5.13 Å². The lowest BCUT2D eigenvalue weighted by Gasteiger charge is -2.34. The molecule has 3 rings (SSSR count). The number of piperazine rings is 1. The maximum Gasteiger partial charge on any atom is 0.253 e. The first-order valence-corrected chi connectivity index (χ1v) is 7.77. The Morgan fingerprint density at radius 2 is 2.10 bits per heavy atom. The van der Waals surface area contributed by atoms with Gasteiger partial charge in [-0.2, -0.15) is 0 Å². The Kier molecular flexibility index (Phi) is 4.05. The van der Waals surface area contributed by atoms with Crippen LogP contribution in [-0.4, -0.2) is 65.1 Å². The summed E-state index contributed by atoms with van der Waals surface area (Å²) in [6, 6.07) is 5.52. The van der Waals surface area contributed by atoms with Gasteiger partial charge in [0.05, 0.1) is 16.8 Å². The second-order valence-corrected chi connectivity index (χ2v) is 6.15. The zero-order chi connectivity index (χ0) is 14.8. The molecule has 3 N–H and O–H groups in total. The number of benzene rings is 1. The minimum Gasteiger partial charge on any atom is -0.395 e. The molecule has 1 fully saturated rings. The SMILES string of the molecule is Nc1nc2ccc(C(=O)N3CCN(CCO)CC3)cc2s1. The first-order valence-electron chi connectivity index (χ1n) is 6.96. The van der Waals surface area contributed by atoms with Gasteiger partial charge in [0, 0.05) is 38.3 Å². The van der Waals surface area contributed by atoms with E-state index in [1.54, 1.807) is 0 Å². The highest BCUT2D eigenvalue weighted by atomic mass is 32.1. The average molecular weight is 306 g/mol. The van der Waals surface area contributed by atoms with Crippen LogP contribution in [0.5, 0.6) is 0 Å². The van der Waals surface area contributed by atoms with E-state index < -0.39 is 0 Å². The summed E-state index contributed by atoms with van der Waals surface area (Å²) in [6.45, 7) is 3.85. The van der Waals surface area contributed by atoms with Crippen LogP contribution >= 0.6 is 11.3 Å². The number of hydrogen-bond acceptors (Lipinski definition) is 6. The molecule has 0 unspecified atom stereocenters. The predicted octanol–water partition coefficient (Wildman–Crippen LogP) is 0.629. The van der Waals surface area contributed by atoms with Crippen molar-refractivity contribution in [3.05, 3.63) is 23.8 Å². The number of aromatic nitrogens is 1. The van der Waals surface area contributed by atoms with E-state index in [0.29, 0.717) is 30.3 Å². The third kappa shape index (κ3) is 2.99. The van der Waals surface area contributed by atoms with Crippen molar-refractivity contribution >= 4 is 32.6 Å². The number of nitrogens with zero attached hydrogens (tertiary/aromatic N) is 3. The number of rotatable bonds is 3. The van der Waals surface area contributed by atoms with Crippen LogP contribution in [0.4, 0.5) is 5.13 Å². The summed E-state index contributed by atoms with van der Waals surface area (Å²) < 4.78 is 0.942. The van der Waals surface area contributed by atoms with E-state index >= 15 is 0 Å². The monoisotopic (exact) mass is 306 g/mol. The van der Waals surface area contributed by atoms with Crippen LogP contribution in [0.2, 0.25) is 0 Å². The second kappa shape index (κ2) is 5.97. The van der Waals surface area contributed by atoms with Crippen LogP contribution < -0.4 is 5.73 Å². The molecule has 1 aromatic heterocycles. The molecule has 0 spiro atoms. The zero-order valence-electron chi connectivity index (χ0n) is 11.7. The molecule has 0 aliphatic carbocycles. The Morgan fingerprint density at radius 1 is 1.33 bits per heavy atom. The lowest BCUT2D eigenvalue weighted by molar-refractivity contribution is 0.0615. The summed E-state index contributed by atoms with van der Waals surface area (Å²) in [5.41, 5.74) is 7.21. The first kappa shape index (κ1) is 14.2. The Hall–Kier alpha value is -1.70. The number of aliphatic hydroxyl groups is 1. The van der Waals surface area contributed by atoms with Crippen LogP contribution in [0.1, 0.15) is 10.4 Å². The summed E-state index contributed by atoms with van der Waals surface area (Å²) in [4.78, 5) is 20.7. The number of hydrogen-bond donors (Lipinski definition) is 2. The van der Waals surface area contributed by atoms with E-state index in [4.69, 9.17) is 10.8 Å². The molecule has 0 radical (unpaired) electrons. The highest BCUT2D eigenvalue weighted by molar-refractivity contribution is 7.22. The molecular formula is C14H18N4O2S. The molecule has 2 heterocycles. The third-order valence-corrected chi connectivity index (χ3v) is 4.57. The average Bonchev–Trinajstić information content (AvgIpc) is 2.86. The first-order chi connectivity index (χ1) is 10.2. The molecule has 1 aliphatic heterocycles. The van der Waals surface area contributed by atoms with Gasteiger partial charge in [0.25, 0.3) is 5.91 Å². The fraction of sp³-hybridized carbons (Fsp3) is 0.429. The Balaban J connectivity index is 1.72. The van der Waals surface area contributed by atoms with Gasteiger partial charge in [-0.25, -0.2) is 4.98 Å². The number of carbonyl (C=O) groups is 1. The summed E-state index contributed by atoms with van der Waals surface area (Å²) >= 11 is 1.40. The number of aliphatic hydroxyl groups excluding tert-OH is 1. The van der Waals surface area contributed by atoms with Gasteiger partial charge in [0.2, 0.25) is 0 Å². The highest BCUT2D eigenvalue weighted by Crippen LogP contribution is 2.25. The van der Waals surface area contributed by atoms with Gasteiger partial charge < -0.3 is 15.7 Å². The number of amides is 1. The van der Waals surface area contributed by atoms with E-state index in [2.05, 4.69) is 9.88 Å². The number of nitrogens with two attached hydrogens (primary N) is 1. The van der Waals surface area contributed by atoms with Gasteiger partial charge in [-0.05, 0) is 18.2 Å². The van der Waals surface area contributed by atoms with Crippen LogP contribution in [0.15, 0.2) is 18.2 Å². The molecule has 112 valence electrons. The van der Waals surface area contributed by atoms with E-state index in [1.165, 1.54) is 11.3 Å². The van der Waals surface area contributed by atoms with Gasteiger partial charge in [-0.3, -0.25) is 9.69 Å². The van der Waals surface area contributed by atoms with E-state index in [9.17, 15) is 4.79 Å². The van der Waals surface area contributed by atoms with Crippen LogP contribution in [0, 0.1) is 0 Å². The number of thiazole rings is 1. The summed E-state index contributed by atoms with van der Waals surface area (Å²) in [5, 5.41) is 9.46. The Labute approximate surface area is 126 Å². The molecule has 6 nitrogen and oxygen atoms in total. The largest absolute Gasteiger partial charge is 0.395 e. The molecule has 0 saturated carbocycles. The maximum atomic E-state index is 12.5. The minimum atomic E-state index is 0.0486. The van der Waals surface area contributed by atoms with Crippen molar-refractivity contribution in [1.82, 2.24) is 14.8 Å². The van der Waals surface area contributed by atoms with Crippen molar-refractivity contribution in [2.24, 2.45) is 0 Å². The zero-order valence-corrected chi connectivity index (χ0v) is 12.5. The van der Waals surface area contributed by atoms with Crippen molar-refractivity contribution in [2.75, 3.05) is 45.1 Å². The van der Waals surface area contributed by atoms with Crippen LogP contribution in [0.25, 0.3) is 10.2 Å². The standard InChI is InChI=1S/C14H18N4O2S/c15-14-16-11-2-1-10(9-12(11)21-14)13(20)18-5-3-17(4-6-18)7-8-19/h1-2,9,19H,3-8H2,(H2,15,16). The molecule has 1 aromatic carbocycles. The smallest absolute Gasteiger partial charge is 0.253 e. The van der Waals surface area contributed by atoms with Gasteiger partial charge in [0.1, 0.15) is 0 Å². The molecule has 1 amide bonds. The second-order valence-electron chi connectivity index (χ2n) is 5.09. The lowest BCUT2D eigenvalue weighted by Crippen LogP contribution is -2.49. The van der Waals surface area contributed by atoms with Crippen molar-refractivity contribution in [3.8, 4) is 0 Å². The minimum absolute atomic E-state index is 0.0486. The molecule has 21 heavy (non-hydrogen) atoms. The highest BCUT2D eigenvalue weighted by Gasteiger charge is 2.22. The third-order valence-electron chi connectivity index (χ3n) is 3.73. The van der Waals surface area contributed by atoms with Crippen molar-refractivity contribution in [1.29, 1.82) is 0 Å². The number of anilines is 1. The predicted molar refractivity (Wildman–Crippen MR) is 83.5 cm³/mol. The van der Waals surface area contributed by atoms with Crippen LogP contribution in [-0.2, 0) is 0 Å². The fourth-order valence-electron chi connectivity index (χ4n) is 2.57. The number of carbonyl (C=O) groups excluding carboxylic acids is 1. The summed E-state index contributed by atoms with van der Waals surface area (Å²) in [7, 11) is 0.